The fourth-order valence-corrected chi connectivity index (χ4v) is 3.02. The number of anilines is 1. The first-order valence-corrected chi connectivity index (χ1v) is 7.58. The van der Waals surface area contributed by atoms with E-state index in [9.17, 15) is 4.39 Å². The first-order chi connectivity index (χ1) is 11.6. The highest BCUT2D eigenvalue weighted by atomic mass is 35.5. The molecule has 0 aliphatic carbocycles. The highest BCUT2D eigenvalue weighted by molar-refractivity contribution is 6.33. The van der Waals surface area contributed by atoms with Gasteiger partial charge in [-0.05, 0) is 23.8 Å². The maximum absolute atomic E-state index is 13.9. The molecule has 0 aliphatic rings. The number of hydrogen-bond donors (Lipinski definition) is 1. The fraction of sp³-hybridized carbons (Fsp3) is 0. The second kappa shape index (κ2) is 5.62. The lowest BCUT2D eigenvalue weighted by atomic mass is 9.95. The summed E-state index contributed by atoms with van der Waals surface area (Å²) in [6.45, 7) is 0. The molecule has 118 valence electrons. The molecule has 0 bridgehead atoms. The van der Waals surface area contributed by atoms with Gasteiger partial charge in [0.15, 0.2) is 11.6 Å². The lowest BCUT2D eigenvalue weighted by molar-refractivity contribution is 0.436. The van der Waals surface area contributed by atoms with Crippen molar-refractivity contribution < 1.29 is 8.91 Å². The Morgan fingerprint density at radius 2 is 1.79 bits per heavy atom. The van der Waals surface area contributed by atoms with Gasteiger partial charge in [0.25, 0.3) is 0 Å². The highest BCUT2D eigenvalue weighted by Gasteiger charge is 2.20. The second-order valence-corrected chi connectivity index (χ2v) is 5.65. The van der Waals surface area contributed by atoms with E-state index < -0.39 is 0 Å². The van der Waals surface area contributed by atoms with Gasteiger partial charge >= 0.3 is 0 Å². The summed E-state index contributed by atoms with van der Waals surface area (Å²) in [7, 11) is 0. The van der Waals surface area contributed by atoms with E-state index >= 15 is 0 Å². The molecule has 2 N–H and O–H groups in total. The molecule has 24 heavy (non-hydrogen) atoms. The number of nitrogen functional groups attached to an aromatic ring is 1. The van der Waals surface area contributed by atoms with E-state index in [-0.39, 0.29) is 16.8 Å². The zero-order chi connectivity index (χ0) is 16.7. The minimum absolute atomic E-state index is 0.236. The maximum atomic E-state index is 13.9. The summed E-state index contributed by atoms with van der Waals surface area (Å²) in [6.07, 6.45) is 0. The van der Waals surface area contributed by atoms with Gasteiger partial charge in [0.2, 0.25) is 0 Å². The summed E-state index contributed by atoms with van der Waals surface area (Å²) in [4.78, 5) is 4.36. The number of benzene rings is 2. The van der Waals surface area contributed by atoms with Crippen LogP contribution < -0.4 is 5.73 Å². The molecule has 2 aromatic carbocycles. The van der Waals surface area contributed by atoms with E-state index in [1.54, 1.807) is 12.1 Å². The summed E-state index contributed by atoms with van der Waals surface area (Å²) in [5, 5.41) is 4.58. The summed E-state index contributed by atoms with van der Waals surface area (Å²) in [6, 6.07) is 15.5. The van der Waals surface area contributed by atoms with Crippen molar-refractivity contribution >= 4 is 28.3 Å². The van der Waals surface area contributed by atoms with Crippen LogP contribution in [0.25, 0.3) is 33.4 Å². The molecule has 2 heterocycles. The Morgan fingerprint density at radius 3 is 2.50 bits per heavy atom. The Kier molecular flexibility index (Phi) is 3.43. The third-order valence-corrected chi connectivity index (χ3v) is 4.01. The van der Waals surface area contributed by atoms with Crippen LogP contribution in [0.4, 0.5) is 10.2 Å². The van der Waals surface area contributed by atoms with E-state index in [1.807, 2.05) is 30.3 Å². The molecule has 0 fully saturated rings. The van der Waals surface area contributed by atoms with Gasteiger partial charge in [-0.3, -0.25) is 0 Å². The summed E-state index contributed by atoms with van der Waals surface area (Å²) < 4.78 is 19.1. The number of nitrogens with two attached hydrogens (primary N) is 1. The zero-order valence-corrected chi connectivity index (χ0v) is 13.1. The Bertz CT molecular complexity index is 1050. The van der Waals surface area contributed by atoms with Crippen molar-refractivity contribution in [3.05, 3.63) is 65.6 Å². The number of fused-ring (bicyclic) bond motifs is 1. The maximum Gasteiger partial charge on any atom is 0.172 e. The van der Waals surface area contributed by atoms with Gasteiger partial charge in [-0.1, -0.05) is 47.1 Å². The number of rotatable bonds is 2. The van der Waals surface area contributed by atoms with Crippen molar-refractivity contribution in [3.63, 3.8) is 0 Å². The van der Waals surface area contributed by atoms with Crippen molar-refractivity contribution in [2.75, 3.05) is 5.73 Å². The molecule has 0 spiro atoms. The molecule has 4 rings (SSSR count). The molecule has 0 radical (unpaired) electrons. The quantitative estimate of drug-likeness (QED) is 0.526. The number of nitrogens with zero attached hydrogens (tertiary/aromatic N) is 2. The minimum atomic E-state index is -0.355. The van der Waals surface area contributed by atoms with Crippen LogP contribution in [0.15, 0.2) is 59.1 Å². The molecule has 0 saturated heterocycles. The minimum Gasteiger partial charge on any atom is -0.381 e. The van der Waals surface area contributed by atoms with Crippen LogP contribution >= 0.6 is 11.6 Å². The van der Waals surface area contributed by atoms with Crippen molar-refractivity contribution in [2.45, 2.75) is 0 Å². The summed E-state index contributed by atoms with van der Waals surface area (Å²) in [5.74, 6) is 0.265. The van der Waals surface area contributed by atoms with E-state index in [2.05, 4.69) is 10.1 Å². The Hall–Kier alpha value is -2.92. The Morgan fingerprint density at radius 1 is 1.00 bits per heavy atom. The van der Waals surface area contributed by atoms with Crippen molar-refractivity contribution in [1.29, 1.82) is 0 Å². The molecule has 4 aromatic rings. The van der Waals surface area contributed by atoms with Gasteiger partial charge in [-0.25, -0.2) is 9.37 Å². The highest BCUT2D eigenvalue weighted by Crippen LogP contribution is 2.41. The normalized spacial score (nSPS) is 11.1. The lowest BCUT2D eigenvalue weighted by Crippen LogP contribution is -1.93. The molecule has 2 aromatic heterocycles. The fourth-order valence-electron chi connectivity index (χ4n) is 2.74. The molecular formula is C18H11ClFN3O. The second-order valence-electron chi connectivity index (χ2n) is 5.30. The van der Waals surface area contributed by atoms with Crippen LogP contribution in [-0.2, 0) is 0 Å². The van der Waals surface area contributed by atoms with Crippen molar-refractivity contribution in [1.82, 2.24) is 10.1 Å². The third kappa shape index (κ3) is 2.39. The topological polar surface area (TPSA) is 64.9 Å². The molecule has 0 saturated carbocycles. The number of halogens is 2. The van der Waals surface area contributed by atoms with E-state index in [1.165, 1.54) is 12.1 Å². The molecule has 0 aliphatic heterocycles. The Balaban J connectivity index is 2.16. The van der Waals surface area contributed by atoms with E-state index in [0.717, 1.165) is 11.1 Å². The average molecular weight is 340 g/mol. The van der Waals surface area contributed by atoms with Gasteiger partial charge in [0.1, 0.15) is 11.0 Å². The predicted octanol–water partition coefficient (Wildman–Crippen LogP) is 4.93. The van der Waals surface area contributed by atoms with Crippen molar-refractivity contribution in [3.8, 4) is 22.5 Å². The van der Waals surface area contributed by atoms with Crippen LogP contribution in [0.5, 0.6) is 0 Å². The predicted molar refractivity (Wildman–Crippen MR) is 92.1 cm³/mol. The third-order valence-electron chi connectivity index (χ3n) is 3.74. The van der Waals surface area contributed by atoms with Crippen molar-refractivity contribution in [2.24, 2.45) is 0 Å². The summed E-state index contributed by atoms with van der Waals surface area (Å²) >= 11 is 6.41. The van der Waals surface area contributed by atoms with Gasteiger partial charge < -0.3 is 10.3 Å². The van der Waals surface area contributed by atoms with Gasteiger partial charge in [0.05, 0.1) is 11.1 Å². The SMILES string of the molecule is Nc1cc(-c2c(Cl)nc3ccc(F)cc3c2-c2ccccc2)on1. The van der Waals surface area contributed by atoms with E-state index in [4.69, 9.17) is 21.9 Å². The molecule has 0 atom stereocenters. The standard InChI is InChI=1S/C18H11ClFN3O/c19-18-17(14-9-15(21)23-24-14)16(10-4-2-1-3-5-10)12-8-11(20)6-7-13(12)22-18/h1-9H,(H2,21,23). The monoisotopic (exact) mass is 339 g/mol. The largest absolute Gasteiger partial charge is 0.381 e. The van der Waals surface area contributed by atoms with E-state index in [0.29, 0.717) is 22.2 Å². The number of pyridine rings is 1. The molecule has 0 unspecified atom stereocenters. The van der Waals surface area contributed by atoms with Gasteiger partial charge in [-0.15, -0.1) is 0 Å². The number of hydrogen-bond acceptors (Lipinski definition) is 4. The molecule has 0 amide bonds. The zero-order valence-electron chi connectivity index (χ0n) is 12.3. The van der Waals surface area contributed by atoms with Crippen LogP contribution in [0.2, 0.25) is 5.15 Å². The van der Waals surface area contributed by atoms with Crippen LogP contribution in [0, 0.1) is 5.82 Å². The van der Waals surface area contributed by atoms with Gasteiger partial charge in [0, 0.05) is 17.0 Å². The summed E-state index contributed by atoms with van der Waals surface area (Å²) in [5.41, 5.74) is 8.38. The first kappa shape index (κ1) is 14.7. The van der Waals surface area contributed by atoms with Crippen LogP contribution in [0.3, 0.4) is 0 Å². The first-order valence-electron chi connectivity index (χ1n) is 7.20. The smallest absolute Gasteiger partial charge is 0.172 e. The molecular weight excluding hydrogens is 329 g/mol. The Labute approximate surface area is 141 Å². The molecule has 4 nitrogen and oxygen atoms in total. The van der Waals surface area contributed by atoms with Crippen LogP contribution in [0.1, 0.15) is 0 Å². The lowest BCUT2D eigenvalue weighted by Gasteiger charge is -2.13. The average Bonchev–Trinajstić information content (AvgIpc) is 3.01. The number of aromatic nitrogens is 2. The molecule has 6 heteroatoms. The van der Waals surface area contributed by atoms with Crippen LogP contribution in [-0.4, -0.2) is 10.1 Å². The van der Waals surface area contributed by atoms with Gasteiger partial charge in [-0.2, -0.15) is 0 Å².